The number of hydrogen-bond donors (Lipinski definition) is 1. The molecule has 0 radical (unpaired) electrons. The van der Waals surface area contributed by atoms with E-state index < -0.39 is 12.0 Å². The van der Waals surface area contributed by atoms with E-state index in [0.717, 1.165) is 0 Å². The molecule has 2 amide bonds. The zero-order valence-electron chi connectivity index (χ0n) is 7.82. The third kappa shape index (κ3) is 5.02. The lowest BCUT2D eigenvalue weighted by Crippen LogP contribution is -2.45. The maximum Gasteiger partial charge on any atom is 0.329 e. The lowest BCUT2D eigenvalue weighted by molar-refractivity contribution is -0.305. The van der Waals surface area contributed by atoms with Crippen molar-refractivity contribution >= 4 is 12.0 Å². The van der Waals surface area contributed by atoms with Crippen LogP contribution in [0.3, 0.4) is 0 Å². The number of carboxylic acids is 1. The van der Waals surface area contributed by atoms with Gasteiger partial charge in [-0.15, -0.1) is 0 Å². The van der Waals surface area contributed by atoms with E-state index in [4.69, 9.17) is 5.73 Å². The zero-order valence-corrected chi connectivity index (χ0v) is 7.82. The molecule has 0 aliphatic heterocycles. The van der Waals surface area contributed by atoms with Crippen molar-refractivity contribution in [1.29, 1.82) is 0 Å². The summed E-state index contributed by atoms with van der Waals surface area (Å²) in [6.07, 6.45) is 0.265. The molecule has 0 aliphatic carbocycles. The van der Waals surface area contributed by atoms with Crippen molar-refractivity contribution in [3.63, 3.8) is 0 Å². The number of nitrogens with zero attached hydrogens (tertiary/aromatic N) is 2. The molecule has 0 aromatic rings. The van der Waals surface area contributed by atoms with Crippen LogP contribution in [0.1, 0.15) is 12.8 Å². The minimum atomic E-state index is -1.12. The quantitative estimate of drug-likeness (QED) is 0.525. The monoisotopic (exact) mass is 188 g/mol. The van der Waals surface area contributed by atoms with Crippen LogP contribution in [0.5, 0.6) is 0 Å². The van der Waals surface area contributed by atoms with Gasteiger partial charge in [-0.1, -0.05) is 0 Å². The SMILES string of the molecule is CN(C)N(CCCC(=O)[O-])C(N)=O. The van der Waals surface area contributed by atoms with Crippen LogP contribution in [0, 0.1) is 0 Å². The van der Waals surface area contributed by atoms with Crippen molar-refractivity contribution in [1.82, 2.24) is 10.0 Å². The van der Waals surface area contributed by atoms with Gasteiger partial charge in [0.25, 0.3) is 0 Å². The Morgan fingerprint density at radius 2 is 1.92 bits per heavy atom. The summed E-state index contributed by atoms with van der Waals surface area (Å²) in [5.74, 6) is -1.12. The first-order valence-corrected chi connectivity index (χ1v) is 3.89. The number of hydrazine groups is 1. The van der Waals surface area contributed by atoms with Gasteiger partial charge in [0, 0.05) is 26.6 Å². The number of carbonyl (C=O) groups is 2. The van der Waals surface area contributed by atoms with Crippen LogP contribution in [-0.2, 0) is 4.79 Å². The van der Waals surface area contributed by atoms with E-state index in [1.54, 1.807) is 14.1 Å². The van der Waals surface area contributed by atoms with E-state index in [2.05, 4.69) is 0 Å². The summed E-state index contributed by atoms with van der Waals surface area (Å²) in [4.78, 5) is 20.8. The molecule has 0 unspecified atom stereocenters. The van der Waals surface area contributed by atoms with Crippen LogP contribution in [0.15, 0.2) is 0 Å². The van der Waals surface area contributed by atoms with E-state index in [1.807, 2.05) is 0 Å². The number of urea groups is 1. The first kappa shape index (κ1) is 11.7. The fraction of sp³-hybridized carbons (Fsp3) is 0.714. The second-order valence-corrected chi connectivity index (χ2v) is 2.78. The maximum absolute atomic E-state index is 10.8. The minimum absolute atomic E-state index is 0.0718. The van der Waals surface area contributed by atoms with Crippen molar-refractivity contribution in [3.05, 3.63) is 0 Å². The lowest BCUT2D eigenvalue weighted by atomic mass is 10.3. The molecule has 0 saturated heterocycles. The number of amides is 2. The molecule has 13 heavy (non-hydrogen) atoms. The fourth-order valence-electron chi connectivity index (χ4n) is 0.880. The number of aliphatic carboxylic acids is 1. The van der Waals surface area contributed by atoms with Crippen molar-refractivity contribution < 1.29 is 14.7 Å². The third-order valence-electron chi connectivity index (χ3n) is 1.49. The second-order valence-electron chi connectivity index (χ2n) is 2.78. The van der Waals surface area contributed by atoms with Crippen molar-refractivity contribution in [2.24, 2.45) is 5.73 Å². The van der Waals surface area contributed by atoms with Crippen LogP contribution in [0.25, 0.3) is 0 Å². The van der Waals surface area contributed by atoms with Crippen LogP contribution in [0.4, 0.5) is 4.79 Å². The smallest absolute Gasteiger partial charge is 0.329 e. The highest BCUT2D eigenvalue weighted by Gasteiger charge is 2.10. The molecule has 0 saturated carbocycles. The number of primary amides is 1. The molecular weight excluding hydrogens is 174 g/mol. The van der Waals surface area contributed by atoms with Gasteiger partial charge < -0.3 is 15.6 Å². The Labute approximate surface area is 76.9 Å². The highest BCUT2D eigenvalue weighted by Crippen LogP contribution is 1.96. The molecule has 0 bridgehead atoms. The van der Waals surface area contributed by atoms with E-state index in [9.17, 15) is 14.7 Å². The van der Waals surface area contributed by atoms with Gasteiger partial charge in [-0.3, -0.25) is 5.01 Å². The number of rotatable bonds is 5. The van der Waals surface area contributed by atoms with Crippen LogP contribution in [-0.4, -0.2) is 42.7 Å². The first-order chi connectivity index (χ1) is 5.95. The predicted molar refractivity (Wildman–Crippen MR) is 44.2 cm³/mol. The number of hydrogen-bond acceptors (Lipinski definition) is 4. The van der Waals surface area contributed by atoms with Crippen LogP contribution < -0.4 is 10.8 Å². The van der Waals surface area contributed by atoms with Crippen molar-refractivity contribution in [3.8, 4) is 0 Å². The van der Waals surface area contributed by atoms with Crippen molar-refractivity contribution in [2.75, 3.05) is 20.6 Å². The molecule has 6 nitrogen and oxygen atoms in total. The average molecular weight is 188 g/mol. The second kappa shape index (κ2) is 5.36. The summed E-state index contributed by atoms with van der Waals surface area (Å²) < 4.78 is 0. The summed E-state index contributed by atoms with van der Waals surface area (Å²) in [6.45, 7) is 0.288. The summed E-state index contributed by atoms with van der Waals surface area (Å²) in [6, 6.07) is -0.594. The Morgan fingerprint density at radius 3 is 2.23 bits per heavy atom. The molecule has 0 aromatic carbocycles. The van der Waals surface area contributed by atoms with Gasteiger partial charge in [0.15, 0.2) is 0 Å². The first-order valence-electron chi connectivity index (χ1n) is 3.89. The number of carboxylic acid groups (broad SMARTS) is 1. The lowest BCUT2D eigenvalue weighted by Gasteiger charge is -2.26. The van der Waals surface area contributed by atoms with Gasteiger partial charge in [0.05, 0.1) is 0 Å². The molecule has 0 aromatic heterocycles. The average Bonchev–Trinajstić information content (AvgIpc) is 1.95. The van der Waals surface area contributed by atoms with E-state index >= 15 is 0 Å². The van der Waals surface area contributed by atoms with E-state index in [0.29, 0.717) is 6.42 Å². The minimum Gasteiger partial charge on any atom is -0.550 e. The highest BCUT2D eigenvalue weighted by molar-refractivity contribution is 5.71. The molecule has 0 atom stereocenters. The topological polar surface area (TPSA) is 89.7 Å². The van der Waals surface area contributed by atoms with Crippen LogP contribution >= 0.6 is 0 Å². The Kier molecular flexibility index (Phi) is 4.83. The summed E-state index contributed by atoms with van der Waals surface area (Å²) in [5, 5.41) is 12.8. The predicted octanol–water partition coefficient (Wildman–Crippen LogP) is -1.63. The maximum atomic E-state index is 10.8. The molecule has 0 rings (SSSR count). The zero-order chi connectivity index (χ0) is 10.4. The van der Waals surface area contributed by atoms with Gasteiger partial charge in [0.2, 0.25) is 0 Å². The molecule has 2 N–H and O–H groups in total. The number of nitrogens with two attached hydrogens (primary N) is 1. The molecular formula is C7H14N3O3-. The van der Waals surface area contributed by atoms with Gasteiger partial charge in [0.1, 0.15) is 0 Å². The van der Waals surface area contributed by atoms with Gasteiger partial charge in [-0.25, -0.2) is 9.80 Å². The Morgan fingerprint density at radius 1 is 1.38 bits per heavy atom. The van der Waals surface area contributed by atoms with Crippen molar-refractivity contribution in [2.45, 2.75) is 12.8 Å². The fourth-order valence-corrected chi connectivity index (χ4v) is 0.880. The summed E-state index contributed by atoms with van der Waals surface area (Å²) >= 11 is 0. The van der Waals surface area contributed by atoms with E-state index in [-0.39, 0.29) is 13.0 Å². The van der Waals surface area contributed by atoms with Gasteiger partial charge in [-0.05, 0) is 12.8 Å². The largest absolute Gasteiger partial charge is 0.550 e. The standard InChI is InChI=1S/C7H15N3O3/c1-9(2)10(7(8)13)5-3-4-6(11)12/h3-5H2,1-2H3,(H2,8,13)(H,11,12)/p-1. The van der Waals surface area contributed by atoms with Gasteiger partial charge >= 0.3 is 6.03 Å². The van der Waals surface area contributed by atoms with Gasteiger partial charge in [-0.2, -0.15) is 0 Å². The Hall–Kier alpha value is -1.30. The highest BCUT2D eigenvalue weighted by atomic mass is 16.4. The number of carbonyl (C=O) groups excluding carboxylic acids is 2. The Balaban J connectivity index is 3.84. The molecule has 0 fully saturated rings. The third-order valence-corrected chi connectivity index (χ3v) is 1.49. The van der Waals surface area contributed by atoms with E-state index in [1.165, 1.54) is 10.0 Å². The molecule has 0 aliphatic rings. The Bertz CT molecular complexity index is 193. The molecule has 6 heteroatoms. The van der Waals surface area contributed by atoms with Crippen LogP contribution in [0.2, 0.25) is 0 Å². The normalized spacial score (nSPS) is 10.1. The molecule has 0 heterocycles. The molecule has 76 valence electrons. The summed E-state index contributed by atoms with van der Waals surface area (Å²) in [7, 11) is 3.31. The summed E-state index contributed by atoms with van der Waals surface area (Å²) in [5.41, 5.74) is 5.04. The molecule has 0 spiro atoms.